The van der Waals surface area contributed by atoms with Crippen LogP contribution in [0.4, 0.5) is 4.79 Å². The van der Waals surface area contributed by atoms with E-state index in [9.17, 15) is 4.79 Å². The van der Waals surface area contributed by atoms with Gasteiger partial charge < -0.3 is 15.4 Å². The lowest BCUT2D eigenvalue weighted by Gasteiger charge is -2.09. The lowest BCUT2D eigenvalue weighted by molar-refractivity contribution is 0.240. The lowest BCUT2D eigenvalue weighted by atomic mass is 10.2. The molecule has 116 valence electrons. The SMILES string of the molecule is COc1ccc(CNC(=O)NCc2ccc(Br)cc2Cl)cn1. The Hall–Kier alpha value is -1.79. The Kier molecular flexibility index (Phi) is 6.03. The molecule has 2 N–H and O–H groups in total. The van der Waals surface area contributed by atoms with Crippen molar-refractivity contribution in [1.29, 1.82) is 0 Å². The first-order chi connectivity index (χ1) is 10.6. The number of benzene rings is 1. The average molecular weight is 385 g/mol. The highest BCUT2D eigenvalue weighted by atomic mass is 79.9. The number of pyridine rings is 1. The second-order valence-electron chi connectivity index (χ2n) is 4.48. The number of rotatable bonds is 5. The van der Waals surface area contributed by atoms with E-state index < -0.39 is 0 Å². The molecular formula is C15H15BrClN3O2. The van der Waals surface area contributed by atoms with Gasteiger partial charge in [0.15, 0.2) is 0 Å². The van der Waals surface area contributed by atoms with Crippen molar-refractivity contribution in [2.75, 3.05) is 7.11 Å². The van der Waals surface area contributed by atoms with E-state index in [-0.39, 0.29) is 6.03 Å². The molecule has 0 bridgehead atoms. The summed E-state index contributed by atoms with van der Waals surface area (Å²) < 4.78 is 5.88. The number of ether oxygens (including phenoxy) is 1. The molecule has 0 radical (unpaired) electrons. The number of hydrogen-bond acceptors (Lipinski definition) is 3. The van der Waals surface area contributed by atoms with Gasteiger partial charge in [-0.2, -0.15) is 0 Å². The molecule has 22 heavy (non-hydrogen) atoms. The number of nitrogens with one attached hydrogen (secondary N) is 2. The summed E-state index contributed by atoms with van der Waals surface area (Å²) in [6.07, 6.45) is 1.66. The molecule has 1 heterocycles. The van der Waals surface area contributed by atoms with Crippen molar-refractivity contribution in [3.8, 4) is 5.88 Å². The van der Waals surface area contributed by atoms with Crippen molar-refractivity contribution in [1.82, 2.24) is 15.6 Å². The number of nitrogens with zero attached hydrogens (tertiary/aromatic N) is 1. The summed E-state index contributed by atoms with van der Waals surface area (Å²) in [5, 5.41) is 6.12. The molecule has 1 aromatic carbocycles. The maximum atomic E-state index is 11.8. The second-order valence-corrected chi connectivity index (χ2v) is 5.80. The van der Waals surface area contributed by atoms with Crippen molar-refractivity contribution in [3.05, 3.63) is 57.2 Å². The van der Waals surface area contributed by atoms with E-state index in [0.717, 1.165) is 15.6 Å². The van der Waals surface area contributed by atoms with E-state index in [1.54, 1.807) is 25.4 Å². The molecule has 0 unspecified atom stereocenters. The van der Waals surface area contributed by atoms with Crippen LogP contribution in [-0.2, 0) is 13.1 Å². The van der Waals surface area contributed by atoms with Crippen LogP contribution >= 0.6 is 27.5 Å². The zero-order valence-corrected chi connectivity index (χ0v) is 14.2. The number of aromatic nitrogens is 1. The first-order valence-electron chi connectivity index (χ1n) is 6.53. The van der Waals surface area contributed by atoms with E-state index in [1.165, 1.54) is 0 Å². The molecule has 0 atom stereocenters. The Bertz CT molecular complexity index is 650. The third-order valence-corrected chi connectivity index (χ3v) is 3.76. The van der Waals surface area contributed by atoms with Crippen LogP contribution in [0.25, 0.3) is 0 Å². The topological polar surface area (TPSA) is 63.2 Å². The summed E-state index contributed by atoms with van der Waals surface area (Å²) in [6, 6.07) is 8.85. The van der Waals surface area contributed by atoms with Gasteiger partial charge in [-0.1, -0.05) is 39.7 Å². The minimum absolute atomic E-state index is 0.269. The van der Waals surface area contributed by atoms with Crippen LogP contribution in [0.2, 0.25) is 5.02 Å². The smallest absolute Gasteiger partial charge is 0.315 e. The molecule has 0 fully saturated rings. The molecule has 2 amide bonds. The van der Waals surface area contributed by atoms with E-state index in [1.807, 2.05) is 18.2 Å². The Morgan fingerprint density at radius 1 is 1.27 bits per heavy atom. The third kappa shape index (κ3) is 4.89. The number of carbonyl (C=O) groups is 1. The Morgan fingerprint density at radius 2 is 2.05 bits per heavy atom. The van der Waals surface area contributed by atoms with Gasteiger partial charge in [-0.15, -0.1) is 0 Å². The fraction of sp³-hybridized carbons (Fsp3) is 0.200. The summed E-state index contributed by atoms with van der Waals surface area (Å²) in [7, 11) is 1.56. The molecular weight excluding hydrogens is 370 g/mol. The molecule has 7 heteroatoms. The number of methoxy groups -OCH3 is 1. The summed E-state index contributed by atoms with van der Waals surface area (Å²) in [5.41, 5.74) is 1.74. The van der Waals surface area contributed by atoms with Crippen LogP contribution in [0.3, 0.4) is 0 Å². The van der Waals surface area contributed by atoms with E-state index in [0.29, 0.717) is 24.0 Å². The Labute approximate surface area is 142 Å². The monoisotopic (exact) mass is 383 g/mol. The highest BCUT2D eigenvalue weighted by Gasteiger charge is 2.04. The maximum absolute atomic E-state index is 11.8. The van der Waals surface area contributed by atoms with Gasteiger partial charge in [-0.05, 0) is 23.3 Å². The quantitative estimate of drug-likeness (QED) is 0.829. The molecule has 2 aromatic rings. The first-order valence-corrected chi connectivity index (χ1v) is 7.70. The summed E-state index contributed by atoms with van der Waals surface area (Å²) in [5.74, 6) is 0.540. The van der Waals surface area contributed by atoms with Gasteiger partial charge in [-0.25, -0.2) is 9.78 Å². The lowest BCUT2D eigenvalue weighted by Crippen LogP contribution is -2.34. The number of urea groups is 1. The van der Waals surface area contributed by atoms with Crippen LogP contribution in [0.5, 0.6) is 5.88 Å². The molecule has 2 rings (SSSR count). The van der Waals surface area contributed by atoms with Crippen LogP contribution in [-0.4, -0.2) is 18.1 Å². The zero-order valence-electron chi connectivity index (χ0n) is 11.9. The molecule has 0 aliphatic rings. The van der Waals surface area contributed by atoms with Crippen LogP contribution in [0, 0.1) is 0 Å². The second kappa shape index (κ2) is 8.00. The van der Waals surface area contributed by atoms with Gasteiger partial charge in [0, 0.05) is 34.8 Å². The van der Waals surface area contributed by atoms with Crippen molar-refractivity contribution in [2.24, 2.45) is 0 Å². The predicted molar refractivity (Wildman–Crippen MR) is 89.0 cm³/mol. The third-order valence-electron chi connectivity index (χ3n) is 2.91. The molecule has 5 nitrogen and oxygen atoms in total. The first kappa shape index (κ1) is 16.6. The normalized spacial score (nSPS) is 10.1. The van der Waals surface area contributed by atoms with E-state index in [2.05, 4.69) is 31.5 Å². The van der Waals surface area contributed by atoms with Gasteiger partial charge in [0.25, 0.3) is 0 Å². The van der Waals surface area contributed by atoms with Gasteiger partial charge in [0.2, 0.25) is 5.88 Å². The number of halogens is 2. The molecule has 0 aliphatic carbocycles. The van der Waals surface area contributed by atoms with Crippen molar-refractivity contribution in [3.63, 3.8) is 0 Å². The largest absolute Gasteiger partial charge is 0.481 e. The van der Waals surface area contributed by atoms with Gasteiger partial charge in [-0.3, -0.25) is 0 Å². The van der Waals surface area contributed by atoms with Crippen molar-refractivity contribution < 1.29 is 9.53 Å². The minimum Gasteiger partial charge on any atom is -0.481 e. The maximum Gasteiger partial charge on any atom is 0.315 e. The molecule has 0 spiro atoms. The van der Waals surface area contributed by atoms with Gasteiger partial charge >= 0.3 is 6.03 Å². The number of hydrogen-bond donors (Lipinski definition) is 2. The van der Waals surface area contributed by atoms with Crippen molar-refractivity contribution >= 4 is 33.6 Å². The van der Waals surface area contributed by atoms with Crippen LogP contribution in [0.1, 0.15) is 11.1 Å². The fourth-order valence-corrected chi connectivity index (χ4v) is 2.46. The Morgan fingerprint density at radius 3 is 2.68 bits per heavy atom. The van der Waals surface area contributed by atoms with Gasteiger partial charge in [0.05, 0.1) is 7.11 Å². The summed E-state index contributed by atoms with van der Waals surface area (Å²) >= 11 is 9.43. The molecule has 0 aliphatic heterocycles. The highest BCUT2D eigenvalue weighted by Crippen LogP contribution is 2.21. The number of amides is 2. The van der Waals surface area contributed by atoms with Crippen LogP contribution < -0.4 is 15.4 Å². The van der Waals surface area contributed by atoms with E-state index >= 15 is 0 Å². The summed E-state index contributed by atoms with van der Waals surface area (Å²) in [4.78, 5) is 15.8. The summed E-state index contributed by atoms with van der Waals surface area (Å²) in [6.45, 7) is 0.746. The number of carbonyl (C=O) groups excluding carboxylic acids is 1. The van der Waals surface area contributed by atoms with E-state index in [4.69, 9.17) is 16.3 Å². The molecule has 0 saturated carbocycles. The highest BCUT2D eigenvalue weighted by molar-refractivity contribution is 9.10. The molecule has 1 aromatic heterocycles. The average Bonchev–Trinajstić information content (AvgIpc) is 2.52. The Balaban J connectivity index is 1.80. The minimum atomic E-state index is -0.269. The molecule has 0 saturated heterocycles. The fourth-order valence-electron chi connectivity index (χ4n) is 1.72. The zero-order chi connectivity index (χ0) is 15.9. The predicted octanol–water partition coefficient (Wildman–Crippen LogP) is 3.51. The van der Waals surface area contributed by atoms with Crippen LogP contribution in [0.15, 0.2) is 41.0 Å². The standard InChI is InChI=1S/C15H15BrClN3O2/c1-22-14-5-2-10(7-18-14)8-19-15(21)20-9-11-3-4-12(16)6-13(11)17/h2-7H,8-9H2,1H3,(H2,19,20,21). The van der Waals surface area contributed by atoms with Gasteiger partial charge in [0.1, 0.15) is 0 Å². The van der Waals surface area contributed by atoms with Crippen molar-refractivity contribution in [2.45, 2.75) is 13.1 Å².